The molecule has 0 aliphatic rings. The van der Waals surface area contributed by atoms with Crippen molar-refractivity contribution < 1.29 is 4.42 Å². The van der Waals surface area contributed by atoms with Crippen LogP contribution < -0.4 is 5.19 Å². The molecule has 0 bridgehead atoms. The fourth-order valence-corrected chi connectivity index (χ4v) is 5.83. The van der Waals surface area contributed by atoms with E-state index in [1.165, 1.54) is 27.1 Å². The van der Waals surface area contributed by atoms with Gasteiger partial charge in [-0.15, -0.1) is 0 Å². The van der Waals surface area contributed by atoms with Gasteiger partial charge in [0.25, 0.3) is 0 Å². The second-order valence-electron chi connectivity index (χ2n) is 10.4. The van der Waals surface area contributed by atoms with Gasteiger partial charge in [0, 0.05) is 22.5 Å². The maximum Gasteiger partial charge on any atom is 0.144 e. The molecule has 0 radical (unpaired) electrons. The second-order valence-corrected chi connectivity index (χ2v) is 15.4. The average molecular weight is 402 g/mol. The first-order valence-corrected chi connectivity index (χ1v) is 14.0. The fraction of sp³-hybridized carbons (Fsp3) is 0.346. The molecule has 2 nitrogen and oxygen atoms in total. The molecule has 0 fully saturated rings. The van der Waals surface area contributed by atoms with E-state index >= 15 is 0 Å². The van der Waals surface area contributed by atoms with E-state index in [1.807, 2.05) is 12.3 Å². The Labute approximate surface area is 175 Å². The van der Waals surface area contributed by atoms with Gasteiger partial charge in [0.15, 0.2) is 0 Å². The fourth-order valence-electron chi connectivity index (χ4n) is 4.25. The van der Waals surface area contributed by atoms with Crippen molar-refractivity contribution in [2.24, 2.45) is 5.41 Å². The zero-order chi connectivity index (χ0) is 21.0. The summed E-state index contributed by atoms with van der Waals surface area (Å²) in [5.41, 5.74) is 6.93. The van der Waals surface area contributed by atoms with Crippen molar-refractivity contribution in [3.8, 4) is 11.3 Å². The lowest BCUT2D eigenvalue weighted by Crippen LogP contribution is -2.37. The number of furan rings is 1. The van der Waals surface area contributed by atoms with Crippen molar-refractivity contribution >= 4 is 35.2 Å². The van der Waals surface area contributed by atoms with Gasteiger partial charge in [-0.1, -0.05) is 64.7 Å². The molecule has 3 heteroatoms. The van der Waals surface area contributed by atoms with Crippen LogP contribution in [0.4, 0.5) is 0 Å². The number of aromatic nitrogens is 1. The quantitative estimate of drug-likeness (QED) is 0.342. The highest BCUT2D eigenvalue weighted by Gasteiger charge is 2.25. The topological polar surface area (TPSA) is 26.0 Å². The lowest BCUT2D eigenvalue weighted by Gasteiger charge is -2.21. The zero-order valence-electron chi connectivity index (χ0n) is 18.7. The minimum Gasteiger partial charge on any atom is -0.455 e. The van der Waals surface area contributed by atoms with Crippen LogP contribution in [0.2, 0.25) is 19.6 Å². The molecule has 0 spiro atoms. The predicted octanol–water partition coefficient (Wildman–Crippen LogP) is 7.09. The number of benzene rings is 2. The van der Waals surface area contributed by atoms with Crippen LogP contribution in [0.25, 0.3) is 33.2 Å². The van der Waals surface area contributed by atoms with Crippen LogP contribution in [-0.2, 0) is 6.42 Å². The number of hydrogen-bond donors (Lipinski definition) is 0. The van der Waals surface area contributed by atoms with Crippen LogP contribution in [0.5, 0.6) is 0 Å². The first-order chi connectivity index (χ1) is 13.6. The summed E-state index contributed by atoms with van der Waals surface area (Å²) in [5, 5.41) is 3.94. The van der Waals surface area contributed by atoms with E-state index < -0.39 is 8.07 Å². The number of hydrogen-bond acceptors (Lipinski definition) is 2. The molecular formula is C26H31NOSi. The first-order valence-electron chi connectivity index (χ1n) is 10.5. The van der Waals surface area contributed by atoms with Crippen LogP contribution >= 0.6 is 0 Å². The van der Waals surface area contributed by atoms with Gasteiger partial charge in [-0.25, -0.2) is 0 Å². The molecule has 0 saturated carbocycles. The summed E-state index contributed by atoms with van der Waals surface area (Å²) < 4.78 is 6.45. The summed E-state index contributed by atoms with van der Waals surface area (Å²) >= 11 is 0. The zero-order valence-corrected chi connectivity index (χ0v) is 19.7. The standard InChI is InChI=1S/C26H31NOSi/c1-17-18(16-26(2,3)4)14-15-27-24(17)20-12-13-22(29(5,6)7)23-19-10-8-9-11-21(19)28-25(20)23/h8-15H,16H2,1-7H3. The van der Waals surface area contributed by atoms with E-state index in [4.69, 9.17) is 9.40 Å². The molecule has 0 atom stereocenters. The Balaban J connectivity index is 2.03. The van der Waals surface area contributed by atoms with Crippen LogP contribution in [0.15, 0.2) is 53.1 Å². The Morgan fingerprint density at radius 3 is 2.38 bits per heavy atom. The third-order valence-electron chi connectivity index (χ3n) is 5.63. The van der Waals surface area contributed by atoms with Gasteiger partial charge in [0.2, 0.25) is 0 Å². The van der Waals surface area contributed by atoms with E-state index in [2.05, 4.69) is 83.7 Å². The summed E-state index contributed by atoms with van der Waals surface area (Å²) in [7, 11) is -1.54. The largest absolute Gasteiger partial charge is 0.455 e. The maximum absolute atomic E-state index is 6.45. The van der Waals surface area contributed by atoms with E-state index in [1.54, 1.807) is 0 Å². The van der Waals surface area contributed by atoms with Gasteiger partial charge < -0.3 is 4.42 Å². The van der Waals surface area contributed by atoms with Gasteiger partial charge in [-0.3, -0.25) is 4.98 Å². The third kappa shape index (κ3) is 3.64. The minimum atomic E-state index is -1.54. The summed E-state index contributed by atoms with van der Waals surface area (Å²) in [6.45, 7) is 16.3. The highest BCUT2D eigenvalue weighted by Crippen LogP contribution is 2.37. The Hall–Kier alpha value is -2.39. The number of rotatable bonds is 3. The molecule has 4 aromatic rings. The smallest absolute Gasteiger partial charge is 0.144 e. The Bertz CT molecular complexity index is 1210. The lowest BCUT2D eigenvalue weighted by molar-refractivity contribution is 0.410. The molecule has 0 aliphatic carbocycles. The van der Waals surface area contributed by atoms with Crippen LogP contribution in [0.3, 0.4) is 0 Å². The SMILES string of the molecule is Cc1c(CC(C)(C)C)ccnc1-c1ccc([Si](C)(C)C)c2c1oc1ccccc12. The monoisotopic (exact) mass is 401 g/mol. The highest BCUT2D eigenvalue weighted by molar-refractivity contribution is 6.90. The normalized spacial score (nSPS) is 12.8. The van der Waals surface area contributed by atoms with Crippen LogP contribution in [-0.4, -0.2) is 13.1 Å². The molecule has 0 amide bonds. The third-order valence-corrected chi connectivity index (χ3v) is 7.66. The molecule has 4 rings (SSSR count). The first kappa shape index (κ1) is 19.9. The van der Waals surface area contributed by atoms with Gasteiger partial charge in [-0.05, 0) is 53.3 Å². The molecular weight excluding hydrogens is 370 g/mol. The summed E-state index contributed by atoms with van der Waals surface area (Å²) in [6, 6.07) is 15.1. The Morgan fingerprint density at radius 1 is 0.966 bits per heavy atom. The number of fused-ring (bicyclic) bond motifs is 3. The van der Waals surface area contributed by atoms with Gasteiger partial charge in [-0.2, -0.15) is 0 Å². The summed E-state index contributed by atoms with van der Waals surface area (Å²) in [6.07, 6.45) is 2.98. The Morgan fingerprint density at radius 2 is 1.69 bits per heavy atom. The molecule has 2 heterocycles. The van der Waals surface area contributed by atoms with Crippen molar-refractivity contribution in [3.63, 3.8) is 0 Å². The molecule has 0 N–H and O–H groups in total. The maximum atomic E-state index is 6.45. The van der Waals surface area contributed by atoms with Crippen molar-refractivity contribution in [2.75, 3.05) is 0 Å². The number of nitrogens with zero attached hydrogens (tertiary/aromatic N) is 1. The molecule has 0 aliphatic heterocycles. The second kappa shape index (κ2) is 6.84. The van der Waals surface area contributed by atoms with E-state index in [-0.39, 0.29) is 5.41 Å². The van der Waals surface area contributed by atoms with Crippen LogP contribution in [0.1, 0.15) is 31.9 Å². The molecule has 29 heavy (non-hydrogen) atoms. The lowest BCUT2D eigenvalue weighted by atomic mass is 9.86. The van der Waals surface area contributed by atoms with Crippen LogP contribution in [0, 0.1) is 12.3 Å². The van der Waals surface area contributed by atoms with Crippen molar-refractivity contribution in [1.29, 1.82) is 0 Å². The minimum absolute atomic E-state index is 0.236. The Kier molecular flexibility index (Phi) is 4.70. The summed E-state index contributed by atoms with van der Waals surface area (Å²) in [5.74, 6) is 0. The van der Waals surface area contributed by atoms with Gasteiger partial charge in [0.05, 0.1) is 13.8 Å². The van der Waals surface area contributed by atoms with Crippen molar-refractivity contribution in [2.45, 2.75) is 53.8 Å². The van der Waals surface area contributed by atoms with Gasteiger partial charge >= 0.3 is 0 Å². The van der Waals surface area contributed by atoms with E-state index in [9.17, 15) is 0 Å². The molecule has 2 aromatic heterocycles. The summed E-state index contributed by atoms with van der Waals surface area (Å²) in [4.78, 5) is 4.80. The predicted molar refractivity (Wildman–Crippen MR) is 128 cm³/mol. The number of pyridine rings is 1. The van der Waals surface area contributed by atoms with E-state index in [0.717, 1.165) is 28.8 Å². The van der Waals surface area contributed by atoms with E-state index in [0.29, 0.717) is 0 Å². The molecule has 2 aromatic carbocycles. The van der Waals surface area contributed by atoms with Crippen molar-refractivity contribution in [3.05, 3.63) is 59.8 Å². The molecule has 0 unspecified atom stereocenters. The molecule has 150 valence electrons. The van der Waals surface area contributed by atoms with Gasteiger partial charge in [0.1, 0.15) is 11.2 Å². The number of para-hydroxylation sites is 1. The average Bonchev–Trinajstić information content (AvgIpc) is 3.00. The van der Waals surface area contributed by atoms with Crippen molar-refractivity contribution in [1.82, 2.24) is 4.98 Å². The highest BCUT2D eigenvalue weighted by atomic mass is 28.3. The molecule has 0 saturated heterocycles.